The van der Waals surface area contributed by atoms with Crippen molar-refractivity contribution in [2.45, 2.75) is 17.2 Å². The SMILES string of the molecule is N#Cc1ccc(S(=O)(=O)Cc2ccccc2C(=O)NCc2ccccc2)cc1. The van der Waals surface area contributed by atoms with Gasteiger partial charge in [-0.25, -0.2) is 8.42 Å². The van der Waals surface area contributed by atoms with Crippen molar-refractivity contribution in [3.63, 3.8) is 0 Å². The van der Waals surface area contributed by atoms with E-state index in [9.17, 15) is 13.2 Å². The first-order valence-corrected chi connectivity index (χ1v) is 10.3. The molecule has 0 aliphatic carbocycles. The predicted molar refractivity (Wildman–Crippen MR) is 106 cm³/mol. The third-order valence-corrected chi connectivity index (χ3v) is 5.93. The smallest absolute Gasteiger partial charge is 0.251 e. The Morgan fingerprint density at radius 3 is 2.21 bits per heavy atom. The van der Waals surface area contributed by atoms with E-state index in [0.717, 1.165) is 5.56 Å². The summed E-state index contributed by atoms with van der Waals surface area (Å²) in [7, 11) is -3.65. The van der Waals surface area contributed by atoms with Gasteiger partial charge in [-0.1, -0.05) is 48.5 Å². The first-order valence-electron chi connectivity index (χ1n) is 8.62. The normalized spacial score (nSPS) is 10.8. The molecule has 3 aromatic rings. The standard InChI is InChI=1S/C22H18N2O3S/c23-14-17-10-12-20(13-11-17)28(26,27)16-19-8-4-5-9-21(19)22(25)24-15-18-6-2-1-3-7-18/h1-13H,15-16H2,(H,24,25). The summed E-state index contributed by atoms with van der Waals surface area (Å²) in [5, 5.41) is 11.7. The fourth-order valence-corrected chi connectivity index (χ4v) is 4.14. The maximum absolute atomic E-state index is 12.7. The number of carbonyl (C=O) groups is 1. The van der Waals surface area contributed by atoms with Gasteiger partial charge in [0.05, 0.1) is 22.3 Å². The maximum Gasteiger partial charge on any atom is 0.251 e. The van der Waals surface area contributed by atoms with Crippen LogP contribution in [0.1, 0.15) is 27.0 Å². The molecule has 1 N–H and O–H groups in total. The summed E-state index contributed by atoms with van der Waals surface area (Å²) in [6, 6.07) is 23.8. The molecule has 0 unspecified atom stereocenters. The van der Waals surface area contributed by atoms with E-state index in [1.165, 1.54) is 24.3 Å². The molecule has 0 aliphatic heterocycles. The molecule has 0 aromatic heterocycles. The van der Waals surface area contributed by atoms with Gasteiger partial charge in [0.1, 0.15) is 0 Å². The van der Waals surface area contributed by atoms with E-state index in [1.54, 1.807) is 24.3 Å². The molecule has 140 valence electrons. The molecule has 0 saturated heterocycles. The zero-order valence-electron chi connectivity index (χ0n) is 15.0. The Labute approximate surface area is 164 Å². The van der Waals surface area contributed by atoms with Crippen molar-refractivity contribution >= 4 is 15.7 Å². The van der Waals surface area contributed by atoms with Gasteiger partial charge >= 0.3 is 0 Å². The number of hydrogen-bond donors (Lipinski definition) is 1. The fraction of sp³-hybridized carbons (Fsp3) is 0.0909. The minimum absolute atomic E-state index is 0.117. The van der Waals surface area contributed by atoms with E-state index >= 15 is 0 Å². The number of sulfone groups is 1. The minimum atomic E-state index is -3.65. The van der Waals surface area contributed by atoms with E-state index in [0.29, 0.717) is 23.2 Å². The summed E-state index contributed by atoms with van der Waals surface area (Å²) in [6.07, 6.45) is 0. The zero-order valence-corrected chi connectivity index (χ0v) is 15.8. The molecule has 1 amide bonds. The van der Waals surface area contributed by atoms with Crippen LogP contribution in [0.25, 0.3) is 0 Å². The van der Waals surface area contributed by atoms with Crippen LogP contribution >= 0.6 is 0 Å². The topological polar surface area (TPSA) is 87.0 Å². The lowest BCUT2D eigenvalue weighted by Gasteiger charge is -2.11. The van der Waals surface area contributed by atoms with E-state index in [1.807, 2.05) is 36.4 Å². The Hall–Kier alpha value is -3.43. The lowest BCUT2D eigenvalue weighted by molar-refractivity contribution is 0.0950. The number of nitrogens with one attached hydrogen (secondary N) is 1. The zero-order chi connectivity index (χ0) is 20.0. The number of nitriles is 1. The van der Waals surface area contributed by atoms with Crippen molar-refractivity contribution in [2.24, 2.45) is 0 Å². The number of rotatable bonds is 6. The van der Waals surface area contributed by atoms with Gasteiger partial charge in [0.25, 0.3) is 5.91 Å². The van der Waals surface area contributed by atoms with Crippen molar-refractivity contribution in [3.05, 3.63) is 101 Å². The largest absolute Gasteiger partial charge is 0.348 e. The Bertz CT molecular complexity index is 1120. The average Bonchev–Trinajstić information content (AvgIpc) is 2.73. The van der Waals surface area contributed by atoms with Crippen molar-refractivity contribution in [1.82, 2.24) is 5.32 Å². The van der Waals surface area contributed by atoms with Gasteiger partial charge in [0.2, 0.25) is 0 Å². The van der Waals surface area contributed by atoms with E-state index in [2.05, 4.69) is 5.32 Å². The van der Waals surface area contributed by atoms with Gasteiger partial charge in [-0.2, -0.15) is 5.26 Å². The van der Waals surface area contributed by atoms with Crippen molar-refractivity contribution in [3.8, 4) is 6.07 Å². The highest BCUT2D eigenvalue weighted by Crippen LogP contribution is 2.20. The van der Waals surface area contributed by atoms with E-state index in [4.69, 9.17) is 5.26 Å². The maximum atomic E-state index is 12.7. The van der Waals surface area contributed by atoms with Crippen molar-refractivity contribution in [1.29, 1.82) is 5.26 Å². The lowest BCUT2D eigenvalue weighted by Crippen LogP contribution is -2.24. The van der Waals surface area contributed by atoms with Crippen LogP contribution < -0.4 is 5.32 Å². The Morgan fingerprint density at radius 2 is 1.54 bits per heavy atom. The molecule has 3 aromatic carbocycles. The molecule has 6 heteroatoms. The second-order valence-corrected chi connectivity index (χ2v) is 8.21. The molecule has 5 nitrogen and oxygen atoms in total. The van der Waals surface area contributed by atoms with Crippen LogP contribution in [0.3, 0.4) is 0 Å². The summed E-state index contributed by atoms with van der Waals surface area (Å²) >= 11 is 0. The quantitative estimate of drug-likeness (QED) is 0.698. The molecule has 0 fully saturated rings. The van der Waals surface area contributed by atoms with Gasteiger partial charge in [-0.15, -0.1) is 0 Å². The highest BCUT2D eigenvalue weighted by atomic mass is 32.2. The molecule has 0 saturated carbocycles. The van der Waals surface area contributed by atoms with Crippen molar-refractivity contribution < 1.29 is 13.2 Å². The number of amides is 1. The molecular weight excluding hydrogens is 372 g/mol. The summed E-state index contributed by atoms with van der Waals surface area (Å²) < 4.78 is 25.5. The van der Waals surface area contributed by atoms with Crippen LogP contribution in [-0.4, -0.2) is 14.3 Å². The molecule has 0 spiro atoms. The Balaban J connectivity index is 1.79. The van der Waals surface area contributed by atoms with Gasteiger partial charge in [-0.05, 0) is 41.5 Å². The van der Waals surface area contributed by atoms with Crippen LogP contribution in [0.4, 0.5) is 0 Å². The average molecular weight is 390 g/mol. The van der Waals surface area contributed by atoms with Crippen LogP contribution in [-0.2, 0) is 22.1 Å². The van der Waals surface area contributed by atoms with Gasteiger partial charge in [0.15, 0.2) is 9.84 Å². The first kappa shape index (κ1) is 19.3. The molecule has 28 heavy (non-hydrogen) atoms. The predicted octanol–water partition coefficient (Wildman–Crippen LogP) is 3.46. The number of nitrogens with zero attached hydrogens (tertiary/aromatic N) is 1. The second-order valence-electron chi connectivity index (χ2n) is 6.22. The third kappa shape index (κ3) is 4.64. The summed E-state index contributed by atoms with van der Waals surface area (Å²) in [4.78, 5) is 12.7. The molecule has 0 aliphatic rings. The molecule has 3 rings (SSSR count). The van der Waals surface area contributed by atoms with E-state index < -0.39 is 9.84 Å². The second kappa shape index (κ2) is 8.51. The first-order chi connectivity index (χ1) is 13.5. The van der Waals surface area contributed by atoms with Crippen LogP contribution in [0.2, 0.25) is 0 Å². The van der Waals surface area contributed by atoms with E-state index in [-0.39, 0.29) is 16.6 Å². The number of benzene rings is 3. The third-order valence-electron chi connectivity index (χ3n) is 4.25. The van der Waals surface area contributed by atoms with Crippen molar-refractivity contribution in [2.75, 3.05) is 0 Å². The highest BCUT2D eigenvalue weighted by Gasteiger charge is 2.19. The summed E-state index contributed by atoms with van der Waals surface area (Å²) in [5.74, 6) is -0.622. The van der Waals surface area contributed by atoms with Crippen LogP contribution in [0.15, 0.2) is 83.8 Å². The fourth-order valence-electron chi connectivity index (χ4n) is 2.77. The summed E-state index contributed by atoms with van der Waals surface area (Å²) in [5.41, 5.74) is 2.10. The minimum Gasteiger partial charge on any atom is -0.348 e. The molecule has 0 radical (unpaired) electrons. The summed E-state index contributed by atoms with van der Waals surface area (Å²) in [6.45, 7) is 0.358. The van der Waals surface area contributed by atoms with Gasteiger partial charge in [0, 0.05) is 12.1 Å². The Morgan fingerprint density at radius 1 is 0.893 bits per heavy atom. The number of hydrogen-bond acceptors (Lipinski definition) is 4. The van der Waals surface area contributed by atoms with Gasteiger partial charge < -0.3 is 5.32 Å². The number of carbonyl (C=O) groups excluding carboxylic acids is 1. The molecule has 0 bridgehead atoms. The monoisotopic (exact) mass is 390 g/mol. The highest BCUT2D eigenvalue weighted by molar-refractivity contribution is 7.90. The molecule has 0 heterocycles. The van der Waals surface area contributed by atoms with Gasteiger partial charge in [-0.3, -0.25) is 4.79 Å². The Kier molecular flexibility index (Phi) is 5.87. The molecule has 0 atom stereocenters. The van der Waals surface area contributed by atoms with Crippen LogP contribution in [0.5, 0.6) is 0 Å². The lowest BCUT2D eigenvalue weighted by atomic mass is 10.1. The van der Waals surface area contributed by atoms with Crippen LogP contribution in [0, 0.1) is 11.3 Å². The molecular formula is C22H18N2O3S.